The Morgan fingerprint density at radius 3 is 2.57 bits per heavy atom. The van der Waals surface area contributed by atoms with Crippen molar-refractivity contribution in [2.24, 2.45) is 5.92 Å². The first-order chi connectivity index (χ1) is 9.65. The van der Waals surface area contributed by atoms with E-state index in [4.69, 9.17) is 0 Å². The summed E-state index contributed by atoms with van der Waals surface area (Å²) in [5.74, 6) is 1.93. The van der Waals surface area contributed by atoms with Gasteiger partial charge in [0, 0.05) is 28.5 Å². The molecule has 0 N–H and O–H groups in total. The Labute approximate surface area is 135 Å². The molecule has 4 heteroatoms. The van der Waals surface area contributed by atoms with E-state index in [0.717, 1.165) is 16.7 Å². The van der Waals surface area contributed by atoms with Gasteiger partial charge in [0.25, 0.3) is 0 Å². The fourth-order valence-corrected chi connectivity index (χ4v) is 2.23. The van der Waals surface area contributed by atoms with E-state index in [1.54, 1.807) is 4.68 Å². The minimum Gasteiger partial charge on any atom is -0.311 e. The van der Waals surface area contributed by atoms with E-state index in [1.165, 1.54) is 5.56 Å². The van der Waals surface area contributed by atoms with Crippen molar-refractivity contribution in [3.8, 4) is 5.82 Å². The Kier molecular flexibility index (Phi) is 4.80. The molecule has 0 saturated heterocycles. The fourth-order valence-electron chi connectivity index (χ4n) is 2.23. The SMILES string of the molecule is CC(C)C(C)c1ccnc(-n2[c-]c3ccccc3n2)c1.[Co]. The van der Waals surface area contributed by atoms with Crippen molar-refractivity contribution in [1.82, 2.24) is 14.8 Å². The Morgan fingerprint density at radius 2 is 1.86 bits per heavy atom. The summed E-state index contributed by atoms with van der Waals surface area (Å²) < 4.78 is 1.74. The van der Waals surface area contributed by atoms with Gasteiger partial charge in [0.05, 0.1) is 5.82 Å². The maximum atomic E-state index is 4.53. The second-order valence-electron chi connectivity index (χ2n) is 5.52. The molecule has 0 aliphatic carbocycles. The molecule has 0 bridgehead atoms. The van der Waals surface area contributed by atoms with E-state index in [9.17, 15) is 0 Å². The van der Waals surface area contributed by atoms with Crippen LogP contribution in [0.3, 0.4) is 0 Å². The number of hydrogen-bond acceptors (Lipinski definition) is 2. The first kappa shape index (κ1) is 15.7. The van der Waals surface area contributed by atoms with Gasteiger partial charge in [0.1, 0.15) is 0 Å². The Hall–Kier alpha value is -1.65. The van der Waals surface area contributed by atoms with Crippen molar-refractivity contribution >= 4 is 10.9 Å². The van der Waals surface area contributed by atoms with E-state index in [1.807, 2.05) is 30.5 Å². The van der Waals surface area contributed by atoms with Crippen molar-refractivity contribution in [1.29, 1.82) is 0 Å². The number of fused-ring (bicyclic) bond motifs is 1. The minimum absolute atomic E-state index is 0. The third-order valence-electron chi connectivity index (χ3n) is 3.85. The van der Waals surface area contributed by atoms with E-state index >= 15 is 0 Å². The molecular weight excluding hydrogens is 305 g/mol. The third kappa shape index (κ3) is 3.17. The van der Waals surface area contributed by atoms with E-state index < -0.39 is 0 Å². The number of aromatic nitrogens is 3. The van der Waals surface area contributed by atoms with Gasteiger partial charge in [0.2, 0.25) is 0 Å². The molecule has 0 aliphatic rings. The van der Waals surface area contributed by atoms with Gasteiger partial charge in [-0.25, -0.2) is 5.10 Å². The van der Waals surface area contributed by atoms with E-state index in [0.29, 0.717) is 11.8 Å². The van der Waals surface area contributed by atoms with Crippen LogP contribution in [0.4, 0.5) is 0 Å². The van der Waals surface area contributed by atoms with E-state index in [-0.39, 0.29) is 16.8 Å². The Balaban J connectivity index is 0.00000161. The maximum Gasteiger partial charge on any atom is 0.0783 e. The first-order valence-corrected chi connectivity index (χ1v) is 6.98. The van der Waals surface area contributed by atoms with Crippen LogP contribution in [0.15, 0.2) is 42.6 Å². The zero-order valence-corrected chi connectivity index (χ0v) is 13.4. The van der Waals surface area contributed by atoms with Crippen molar-refractivity contribution in [2.45, 2.75) is 26.7 Å². The average molecular weight is 323 g/mol. The summed E-state index contributed by atoms with van der Waals surface area (Å²) in [6.45, 7) is 6.71. The normalized spacial score (nSPS) is 12.4. The van der Waals surface area contributed by atoms with Crippen molar-refractivity contribution in [3.05, 3.63) is 54.4 Å². The van der Waals surface area contributed by atoms with Gasteiger partial charge < -0.3 is 4.68 Å². The zero-order chi connectivity index (χ0) is 14.1. The molecule has 2 heterocycles. The number of benzene rings is 1. The molecule has 21 heavy (non-hydrogen) atoms. The smallest absolute Gasteiger partial charge is 0.0783 e. The molecule has 1 radical (unpaired) electrons. The van der Waals surface area contributed by atoms with Crippen LogP contribution in [0.5, 0.6) is 0 Å². The summed E-state index contributed by atoms with van der Waals surface area (Å²) >= 11 is 0. The number of nitrogens with zero attached hydrogens (tertiary/aromatic N) is 3. The molecule has 3 rings (SSSR count). The summed E-state index contributed by atoms with van der Waals surface area (Å²) in [7, 11) is 0. The minimum atomic E-state index is 0. The summed E-state index contributed by atoms with van der Waals surface area (Å²) in [6, 6.07) is 12.2. The second kappa shape index (κ2) is 6.41. The molecule has 0 fully saturated rings. The van der Waals surface area contributed by atoms with Gasteiger partial charge in [-0.15, -0.1) is 17.5 Å². The molecule has 2 aromatic heterocycles. The molecule has 3 nitrogen and oxygen atoms in total. The van der Waals surface area contributed by atoms with Crippen molar-refractivity contribution < 1.29 is 16.8 Å². The van der Waals surface area contributed by atoms with Gasteiger partial charge >= 0.3 is 0 Å². The van der Waals surface area contributed by atoms with Crippen LogP contribution in [-0.2, 0) is 16.8 Å². The average Bonchev–Trinajstić information content (AvgIpc) is 2.90. The van der Waals surface area contributed by atoms with Crippen LogP contribution in [-0.4, -0.2) is 14.8 Å². The van der Waals surface area contributed by atoms with Crippen LogP contribution in [0, 0.1) is 12.1 Å². The monoisotopic (exact) mass is 323 g/mol. The molecule has 0 spiro atoms. The molecule has 1 atom stereocenters. The summed E-state index contributed by atoms with van der Waals surface area (Å²) in [6.07, 6.45) is 5.10. The fraction of sp³-hybridized carbons (Fsp3) is 0.294. The van der Waals surface area contributed by atoms with Gasteiger partial charge in [-0.1, -0.05) is 39.0 Å². The first-order valence-electron chi connectivity index (χ1n) is 6.98. The predicted molar refractivity (Wildman–Crippen MR) is 81.0 cm³/mol. The largest absolute Gasteiger partial charge is 0.311 e. The maximum absolute atomic E-state index is 4.53. The molecule has 1 aromatic carbocycles. The topological polar surface area (TPSA) is 30.7 Å². The molecule has 0 aliphatic heterocycles. The molecule has 0 saturated carbocycles. The van der Waals surface area contributed by atoms with Gasteiger partial charge in [-0.3, -0.25) is 4.98 Å². The van der Waals surface area contributed by atoms with Gasteiger partial charge in [-0.2, -0.15) is 0 Å². The predicted octanol–water partition coefficient (Wildman–Crippen LogP) is 3.98. The molecule has 0 amide bonds. The van der Waals surface area contributed by atoms with Gasteiger partial charge in [-0.05, 0) is 29.7 Å². The second-order valence-corrected chi connectivity index (χ2v) is 5.52. The van der Waals surface area contributed by atoms with Crippen LogP contribution in [0.2, 0.25) is 0 Å². The van der Waals surface area contributed by atoms with E-state index in [2.05, 4.69) is 49.2 Å². The quantitative estimate of drug-likeness (QED) is 0.683. The zero-order valence-electron chi connectivity index (χ0n) is 12.4. The van der Waals surface area contributed by atoms with Gasteiger partial charge in [0.15, 0.2) is 0 Å². The number of pyridine rings is 1. The van der Waals surface area contributed by atoms with Crippen LogP contribution >= 0.6 is 0 Å². The van der Waals surface area contributed by atoms with Crippen LogP contribution in [0.25, 0.3) is 16.7 Å². The summed E-state index contributed by atoms with van der Waals surface area (Å²) in [4.78, 5) is 4.42. The van der Waals surface area contributed by atoms with Crippen LogP contribution in [0.1, 0.15) is 32.3 Å². The molecular formula is C17H18CoN3-. The number of rotatable bonds is 3. The Bertz CT molecular complexity index is 700. The Morgan fingerprint density at radius 1 is 1.10 bits per heavy atom. The molecule has 3 aromatic rings. The third-order valence-corrected chi connectivity index (χ3v) is 3.85. The molecule has 111 valence electrons. The summed E-state index contributed by atoms with van der Waals surface area (Å²) in [5, 5.41) is 5.54. The van der Waals surface area contributed by atoms with Crippen molar-refractivity contribution in [2.75, 3.05) is 0 Å². The molecule has 1 unspecified atom stereocenters. The standard InChI is InChI=1S/C17H18N3.Co/c1-12(2)13(3)14-8-9-18-17(10-14)20-11-15-6-4-5-7-16(15)19-20;/h4-10,12-13H,1-3H3;/q-1;. The number of hydrogen-bond donors (Lipinski definition) is 0. The van der Waals surface area contributed by atoms with Crippen LogP contribution < -0.4 is 0 Å². The van der Waals surface area contributed by atoms with Crippen molar-refractivity contribution in [3.63, 3.8) is 0 Å². The summed E-state index contributed by atoms with van der Waals surface area (Å²) in [5.41, 5.74) is 2.23.